The largest absolute Gasteiger partial charge is 0.310 e. The molecule has 0 saturated carbocycles. The highest BCUT2D eigenvalue weighted by Gasteiger charge is 2.16. The summed E-state index contributed by atoms with van der Waals surface area (Å²) < 4.78 is 13.0. The Bertz CT molecular complexity index is 533. The zero-order chi connectivity index (χ0) is 15.2. The van der Waals surface area contributed by atoms with Gasteiger partial charge in [-0.25, -0.2) is 4.39 Å². The number of halogens is 1. The van der Waals surface area contributed by atoms with E-state index < -0.39 is 0 Å². The lowest BCUT2D eigenvalue weighted by Gasteiger charge is -2.24. The normalized spacial score (nSPS) is 14.1. The van der Waals surface area contributed by atoms with Crippen molar-refractivity contribution in [2.45, 2.75) is 32.7 Å². The molecule has 2 rings (SSSR count). The number of benzene rings is 2. The van der Waals surface area contributed by atoms with E-state index in [0.29, 0.717) is 11.8 Å². The molecule has 2 aromatic carbocycles. The Labute approximate surface area is 127 Å². The van der Waals surface area contributed by atoms with Crippen LogP contribution in [-0.2, 0) is 0 Å². The summed E-state index contributed by atoms with van der Waals surface area (Å²) >= 11 is 0. The van der Waals surface area contributed by atoms with Gasteiger partial charge in [-0.05, 0) is 42.0 Å². The fraction of sp³-hybridized carbons (Fsp3) is 0.368. The first-order chi connectivity index (χ1) is 10.1. The number of rotatable bonds is 6. The summed E-state index contributed by atoms with van der Waals surface area (Å²) in [6.45, 7) is 7.54. The van der Waals surface area contributed by atoms with Gasteiger partial charge in [-0.3, -0.25) is 0 Å². The SMILES string of the molecule is CC(C)C(CN[C@@H](C)c1ccc(F)cc1)c1ccccc1. The molecular weight excluding hydrogens is 261 g/mol. The Hall–Kier alpha value is -1.67. The minimum absolute atomic E-state index is 0.185. The molecule has 0 fully saturated rings. The van der Waals surface area contributed by atoms with E-state index in [1.54, 1.807) is 0 Å². The van der Waals surface area contributed by atoms with E-state index in [1.165, 1.54) is 17.7 Å². The molecule has 0 bridgehead atoms. The standard InChI is InChI=1S/C19H24FN/c1-14(2)19(17-7-5-4-6-8-17)13-21-15(3)16-9-11-18(20)12-10-16/h4-12,14-15,19,21H,13H2,1-3H3/t15-,19?/m0/s1. The number of hydrogen-bond acceptors (Lipinski definition) is 1. The minimum atomic E-state index is -0.185. The van der Waals surface area contributed by atoms with Gasteiger partial charge in [0.15, 0.2) is 0 Å². The predicted molar refractivity (Wildman–Crippen MR) is 86.8 cm³/mol. The first-order valence-corrected chi connectivity index (χ1v) is 7.61. The number of hydrogen-bond donors (Lipinski definition) is 1. The van der Waals surface area contributed by atoms with Gasteiger partial charge in [-0.2, -0.15) is 0 Å². The van der Waals surface area contributed by atoms with Crippen LogP contribution in [0.25, 0.3) is 0 Å². The van der Waals surface area contributed by atoms with Crippen LogP contribution in [0, 0.1) is 11.7 Å². The molecule has 0 aliphatic heterocycles. The highest BCUT2D eigenvalue weighted by molar-refractivity contribution is 5.22. The quantitative estimate of drug-likeness (QED) is 0.794. The van der Waals surface area contributed by atoms with Crippen molar-refractivity contribution in [2.24, 2.45) is 5.92 Å². The third-order valence-electron chi connectivity index (χ3n) is 4.05. The van der Waals surface area contributed by atoms with Crippen LogP contribution in [0.15, 0.2) is 54.6 Å². The molecule has 0 spiro atoms. The van der Waals surface area contributed by atoms with Gasteiger partial charge in [0.25, 0.3) is 0 Å². The van der Waals surface area contributed by atoms with Crippen molar-refractivity contribution >= 4 is 0 Å². The Morgan fingerprint density at radius 3 is 2.05 bits per heavy atom. The molecule has 2 aromatic rings. The first-order valence-electron chi connectivity index (χ1n) is 7.61. The number of nitrogens with one attached hydrogen (secondary N) is 1. The summed E-state index contributed by atoms with van der Waals surface area (Å²) in [7, 11) is 0. The van der Waals surface area contributed by atoms with Crippen LogP contribution in [-0.4, -0.2) is 6.54 Å². The molecule has 112 valence electrons. The van der Waals surface area contributed by atoms with E-state index in [2.05, 4.69) is 56.4 Å². The highest BCUT2D eigenvalue weighted by atomic mass is 19.1. The second-order valence-corrected chi connectivity index (χ2v) is 5.94. The van der Waals surface area contributed by atoms with Gasteiger partial charge in [0.05, 0.1) is 0 Å². The van der Waals surface area contributed by atoms with Crippen molar-refractivity contribution in [1.29, 1.82) is 0 Å². The monoisotopic (exact) mass is 285 g/mol. The summed E-state index contributed by atoms with van der Waals surface area (Å²) in [5, 5.41) is 3.58. The third-order valence-corrected chi connectivity index (χ3v) is 4.05. The zero-order valence-corrected chi connectivity index (χ0v) is 13.0. The van der Waals surface area contributed by atoms with Crippen molar-refractivity contribution in [2.75, 3.05) is 6.54 Å². The topological polar surface area (TPSA) is 12.0 Å². The zero-order valence-electron chi connectivity index (χ0n) is 13.0. The lowest BCUT2D eigenvalue weighted by molar-refractivity contribution is 0.436. The Balaban J connectivity index is 2.00. The van der Waals surface area contributed by atoms with Gasteiger partial charge < -0.3 is 5.32 Å². The molecule has 1 nitrogen and oxygen atoms in total. The third kappa shape index (κ3) is 4.40. The molecule has 0 saturated heterocycles. The molecule has 1 N–H and O–H groups in total. The van der Waals surface area contributed by atoms with E-state index >= 15 is 0 Å². The molecule has 0 amide bonds. The Morgan fingerprint density at radius 1 is 0.857 bits per heavy atom. The van der Waals surface area contributed by atoms with Crippen LogP contribution < -0.4 is 5.32 Å². The van der Waals surface area contributed by atoms with Gasteiger partial charge >= 0.3 is 0 Å². The maximum absolute atomic E-state index is 13.0. The lowest BCUT2D eigenvalue weighted by Crippen LogP contribution is -2.27. The van der Waals surface area contributed by atoms with Crippen LogP contribution in [0.1, 0.15) is 43.9 Å². The molecule has 2 heteroatoms. The maximum Gasteiger partial charge on any atom is 0.123 e. The summed E-state index contributed by atoms with van der Waals surface area (Å²) in [4.78, 5) is 0. The molecule has 21 heavy (non-hydrogen) atoms. The average Bonchev–Trinajstić information content (AvgIpc) is 2.48. The van der Waals surface area contributed by atoms with Crippen molar-refractivity contribution in [3.8, 4) is 0 Å². The molecule has 0 aliphatic rings. The second kappa shape index (κ2) is 7.37. The molecule has 1 unspecified atom stereocenters. The van der Waals surface area contributed by atoms with E-state index in [-0.39, 0.29) is 11.9 Å². The summed E-state index contributed by atoms with van der Waals surface area (Å²) in [6, 6.07) is 17.6. The van der Waals surface area contributed by atoms with Gasteiger partial charge in [0.2, 0.25) is 0 Å². The molecular formula is C19H24FN. The average molecular weight is 285 g/mol. The maximum atomic E-state index is 13.0. The molecule has 0 aromatic heterocycles. The fourth-order valence-electron chi connectivity index (χ4n) is 2.61. The van der Waals surface area contributed by atoms with Gasteiger partial charge in [0, 0.05) is 12.6 Å². The molecule has 0 aliphatic carbocycles. The Morgan fingerprint density at radius 2 is 1.48 bits per heavy atom. The lowest BCUT2D eigenvalue weighted by atomic mass is 9.88. The van der Waals surface area contributed by atoms with Crippen LogP contribution in [0.3, 0.4) is 0 Å². The van der Waals surface area contributed by atoms with E-state index in [4.69, 9.17) is 0 Å². The van der Waals surface area contributed by atoms with Crippen molar-refractivity contribution in [3.05, 3.63) is 71.5 Å². The van der Waals surface area contributed by atoms with Crippen LogP contribution in [0.4, 0.5) is 4.39 Å². The van der Waals surface area contributed by atoms with E-state index in [9.17, 15) is 4.39 Å². The second-order valence-electron chi connectivity index (χ2n) is 5.94. The predicted octanol–water partition coefficient (Wildman–Crippen LogP) is 4.92. The minimum Gasteiger partial charge on any atom is -0.310 e. The van der Waals surface area contributed by atoms with Crippen molar-refractivity contribution in [1.82, 2.24) is 5.32 Å². The van der Waals surface area contributed by atoms with Crippen molar-refractivity contribution < 1.29 is 4.39 Å². The van der Waals surface area contributed by atoms with Crippen LogP contribution in [0.5, 0.6) is 0 Å². The summed E-state index contributed by atoms with van der Waals surface area (Å²) in [5.41, 5.74) is 2.48. The van der Waals surface area contributed by atoms with Crippen molar-refractivity contribution in [3.63, 3.8) is 0 Å². The van der Waals surface area contributed by atoms with Gasteiger partial charge in [-0.1, -0.05) is 56.3 Å². The smallest absolute Gasteiger partial charge is 0.123 e. The fourth-order valence-corrected chi connectivity index (χ4v) is 2.61. The molecule has 2 atom stereocenters. The Kier molecular flexibility index (Phi) is 5.51. The van der Waals surface area contributed by atoms with Gasteiger partial charge in [-0.15, -0.1) is 0 Å². The van der Waals surface area contributed by atoms with Crippen LogP contribution >= 0.6 is 0 Å². The van der Waals surface area contributed by atoms with E-state index in [0.717, 1.165) is 12.1 Å². The van der Waals surface area contributed by atoms with E-state index in [1.807, 2.05) is 12.1 Å². The molecule has 0 heterocycles. The summed E-state index contributed by atoms with van der Waals surface area (Å²) in [5.74, 6) is 0.865. The molecule has 0 radical (unpaired) electrons. The van der Waals surface area contributed by atoms with Gasteiger partial charge in [0.1, 0.15) is 5.82 Å². The van der Waals surface area contributed by atoms with Crippen LogP contribution in [0.2, 0.25) is 0 Å². The first kappa shape index (κ1) is 15.7. The summed E-state index contributed by atoms with van der Waals surface area (Å²) in [6.07, 6.45) is 0. The highest BCUT2D eigenvalue weighted by Crippen LogP contribution is 2.24.